The lowest BCUT2D eigenvalue weighted by atomic mass is 9.86. The van der Waals surface area contributed by atoms with Crippen LogP contribution in [0.5, 0.6) is 11.5 Å². The molecule has 2 aromatic carbocycles. The Labute approximate surface area is 134 Å². The van der Waals surface area contributed by atoms with Gasteiger partial charge < -0.3 is 15.5 Å². The molecule has 2 rings (SSSR count). The first kappa shape index (κ1) is 16.4. The number of hydrogen-bond donors (Lipinski definition) is 3. The summed E-state index contributed by atoms with van der Waals surface area (Å²) < 4.78 is 0. The van der Waals surface area contributed by atoms with Crippen molar-refractivity contribution in [2.24, 2.45) is 0 Å². The maximum absolute atomic E-state index is 12.4. The van der Waals surface area contributed by atoms with E-state index in [-0.39, 0.29) is 33.7 Å². The molecule has 3 N–H and O–H groups in total. The van der Waals surface area contributed by atoms with Crippen LogP contribution in [0.2, 0.25) is 0 Å². The van der Waals surface area contributed by atoms with Gasteiger partial charge >= 0.3 is 0 Å². The minimum atomic E-state index is -0.571. The first-order valence-electron chi connectivity index (χ1n) is 7.11. The quantitative estimate of drug-likeness (QED) is 0.740. The lowest BCUT2D eigenvalue weighted by molar-refractivity contribution is 0.102. The molecule has 5 nitrogen and oxygen atoms in total. The molecule has 0 aliphatic rings. The average molecular weight is 310 g/mol. The zero-order valence-corrected chi connectivity index (χ0v) is 13.2. The number of amides is 1. The molecular weight excluding hydrogens is 292 g/mol. The van der Waals surface area contributed by atoms with E-state index < -0.39 is 5.91 Å². The Kier molecular flexibility index (Phi) is 4.28. The number of nitrogens with one attached hydrogen (secondary N) is 1. The van der Waals surface area contributed by atoms with Crippen LogP contribution in [0.3, 0.4) is 0 Å². The molecule has 0 atom stereocenters. The summed E-state index contributed by atoms with van der Waals surface area (Å²) in [5, 5.41) is 31.9. The van der Waals surface area contributed by atoms with Crippen LogP contribution < -0.4 is 5.32 Å². The Morgan fingerprint density at radius 2 is 1.78 bits per heavy atom. The van der Waals surface area contributed by atoms with E-state index in [9.17, 15) is 15.0 Å². The second kappa shape index (κ2) is 6.01. The number of carbonyl (C=O) groups excluding carboxylic acids is 1. The fraction of sp³-hybridized carbons (Fsp3) is 0.222. The Morgan fingerprint density at radius 1 is 1.13 bits per heavy atom. The van der Waals surface area contributed by atoms with Gasteiger partial charge in [-0.1, -0.05) is 39.0 Å². The van der Waals surface area contributed by atoms with Crippen molar-refractivity contribution in [1.82, 2.24) is 0 Å². The molecule has 0 aromatic heterocycles. The minimum absolute atomic E-state index is 0.0600. The van der Waals surface area contributed by atoms with Crippen molar-refractivity contribution in [3.63, 3.8) is 0 Å². The number of phenolic OH excluding ortho intramolecular Hbond substituents is 2. The fourth-order valence-corrected chi connectivity index (χ4v) is 2.27. The molecule has 0 unspecified atom stereocenters. The van der Waals surface area contributed by atoms with E-state index in [2.05, 4.69) is 5.32 Å². The highest BCUT2D eigenvalue weighted by molar-refractivity contribution is 6.07. The van der Waals surface area contributed by atoms with Gasteiger partial charge in [0, 0.05) is 5.56 Å². The standard InChI is InChI=1S/C18H18N2O3/c1-18(2,3)13-8-9-14(21)15(16(13)22)20-17(23)12-7-5-4-6-11(12)10-19/h4-9,21-22H,1-3H3,(H,20,23). The summed E-state index contributed by atoms with van der Waals surface area (Å²) in [6, 6.07) is 11.3. The smallest absolute Gasteiger partial charge is 0.257 e. The molecule has 0 aliphatic heterocycles. The summed E-state index contributed by atoms with van der Waals surface area (Å²) in [5.74, 6) is -0.989. The molecule has 0 saturated carbocycles. The predicted molar refractivity (Wildman–Crippen MR) is 87.6 cm³/mol. The van der Waals surface area contributed by atoms with Crippen molar-refractivity contribution in [3.8, 4) is 17.6 Å². The van der Waals surface area contributed by atoms with Crippen LogP contribution in [0.1, 0.15) is 42.3 Å². The lowest BCUT2D eigenvalue weighted by Crippen LogP contribution is -2.16. The van der Waals surface area contributed by atoms with Gasteiger partial charge in [-0.15, -0.1) is 0 Å². The Morgan fingerprint density at radius 3 is 2.39 bits per heavy atom. The van der Waals surface area contributed by atoms with Gasteiger partial charge in [0.2, 0.25) is 0 Å². The van der Waals surface area contributed by atoms with E-state index in [4.69, 9.17) is 5.26 Å². The van der Waals surface area contributed by atoms with Crippen LogP contribution in [-0.2, 0) is 5.41 Å². The number of phenols is 2. The third-order valence-corrected chi connectivity index (χ3v) is 3.49. The van der Waals surface area contributed by atoms with E-state index in [0.717, 1.165) is 0 Å². The Hall–Kier alpha value is -3.00. The van der Waals surface area contributed by atoms with Crippen molar-refractivity contribution >= 4 is 11.6 Å². The van der Waals surface area contributed by atoms with E-state index in [1.165, 1.54) is 18.2 Å². The average Bonchev–Trinajstić information content (AvgIpc) is 2.49. The SMILES string of the molecule is CC(C)(C)c1ccc(O)c(NC(=O)c2ccccc2C#N)c1O. The van der Waals surface area contributed by atoms with Gasteiger partial charge in [-0.05, 0) is 23.6 Å². The van der Waals surface area contributed by atoms with Crippen LogP contribution >= 0.6 is 0 Å². The molecule has 0 fully saturated rings. The maximum atomic E-state index is 12.4. The summed E-state index contributed by atoms with van der Waals surface area (Å²) in [6.45, 7) is 5.74. The molecule has 0 saturated heterocycles. The van der Waals surface area contributed by atoms with Crippen LogP contribution in [0.15, 0.2) is 36.4 Å². The third kappa shape index (κ3) is 3.27. The monoisotopic (exact) mass is 310 g/mol. The zero-order chi connectivity index (χ0) is 17.2. The van der Waals surface area contributed by atoms with Gasteiger partial charge in [-0.3, -0.25) is 4.79 Å². The highest BCUT2D eigenvalue weighted by Gasteiger charge is 2.23. The van der Waals surface area contributed by atoms with Gasteiger partial charge in [0.1, 0.15) is 17.2 Å². The first-order valence-corrected chi connectivity index (χ1v) is 7.11. The molecule has 23 heavy (non-hydrogen) atoms. The number of rotatable bonds is 2. The summed E-state index contributed by atoms with van der Waals surface area (Å²) in [6.07, 6.45) is 0. The second-order valence-corrected chi connectivity index (χ2v) is 6.22. The van der Waals surface area contributed by atoms with Crippen molar-refractivity contribution in [1.29, 1.82) is 5.26 Å². The van der Waals surface area contributed by atoms with Gasteiger partial charge in [0.25, 0.3) is 5.91 Å². The lowest BCUT2D eigenvalue weighted by Gasteiger charge is -2.22. The van der Waals surface area contributed by atoms with Gasteiger partial charge in [0.15, 0.2) is 0 Å². The minimum Gasteiger partial charge on any atom is -0.506 e. The molecule has 0 aliphatic carbocycles. The van der Waals surface area contributed by atoms with Crippen LogP contribution in [0, 0.1) is 11.3 Å². The highest BCUT2D eigenvalue weighted by atomic mass is 16.3. The molecule has 0 radical (unpaired) electrons. The number of aromatic hydroxyl groups is 2. The van der Waals surface area contributed by atoms with Crippen LogP contribution in [0.25, 0.3) is 0 Å². The zero-order valence-electron chi connectivity index (χ0n) is 13.2. The number of carbonyl (C=O) groups is 1. The molecule has 0 heterocycles. The van der Waals surface area contributed by atoms with E-state index in [0.29, 0.717) is 5.56 Å². The molecule has 2 aromatic rings. The van der Waals surface area contributed by atoms with E-state index in [1.54, 1.807) is 18.2 Å². The third-order valence-electron chi connectivity index (χ3n) is 3.49. The molecular formula is C18H18N2O3. The van der Waals surface area contributed by atoms with Crippen LogP contribution in [0.4, 0.5) is 5.69 Å². The van der Waals surface area contributed by atoms with Gasteiger partial charge in [0.05, 0.1) is 17.2 Å². The second-order valence-electron chi connectivity index (χ2n) is 6.22. The summed E-state index contributed by atoms with van der Waals surface area (Å²) in [5.41, 5.74) is 0.571. The predicted octanol–water partition coefficient (Wildman–Crippen LogP) is 3.52. The highest BCUT2D eigenvalue weighted by Crippen LogP contribution is 2.41. The number of anilines is 1. The molecule has 5 heteroatoms. The fourth-order valence-electron chi connectivity index (χ4n) is 2.27. The van der Waals surface area contributed by atoms with Gasteiger partial charge in [-0.25, -0.2) is 0 Å². The number of nitrogens with zero attached hydrogens (tertiary/aromatic N) is 1. The van der Waals surface area contributed by atoms with Crippen molar-refractivity contribution < 1.29 is 15.0 Å². The first-order chi connectivity index (χ1) is 10.8. The number of nitriles is 1. The van der Waals surface area contributed by atoms with Crippen LogP contribution in [-0.4, -0.2) is 16.1 Å². The number of benzene rings is 2. The molecule has 1 amide bonds. The van der Waals surface area contributed by atoms with Crippen molar-refractivity contribution in [2.45, 2.75) is 26.2 Å². The summed E-state index contributed by atoms with van der Waals surface area (Å²) in [4.78, 5) is 12.4. The summed E-state index contributed by atoms with van der Waals surface area (Å²) >= 11 is 0. The molecule has 0 spiro atoms. The van der Waals surface area contributed by atoms with E-state index in [1.807, 2.05) is 26.8 Å². The topological polar surface area (TPSA) is 93.4 Å². The van der Waals surface area contributed by atoms with Gasteiger partial charge in [-0.2, -0.15) is 5.26 Å². The molecule has 118 valence electrons. The Balaban J connectivity index is 2.45. The normalized spacial score (nSPS) is 10.9. The summed E-state index contributed by atoms with van der Waals surface area (Å²) in [7, 11) is 0. The largest absolute Gasteiger partial charge is 0.506 e. The maximum Gasteiger partial charge on any atom is 0.257 e. The Bertz CT molecular complexity index is 799. The molecule has 0 bridgehead atoms. The van der Waals surface area contributed by atoms with E-state index >= 15 is 0 Å². The van der Waals surface area contributed by atoms with Crippen molar-refractivity contribution in [2.75, 3.05) is 5.32 Å². The number of hydrogen-bond acceptors (Lipinski definition) is 4. The van der Waals surface area contributed by atoms with Crippen molar-refractivity contribution in [3.05, 3.63) is 53.1 Å².